The van der Waals surface area contributed by atoms with Gasteiger partial charge in [-0.2, -0.15) is 6.20 Å². The van der Waals surface area contributed by atoms with E-state index < -0.39 is 0 Å². The Bertz CT molecular complexity index is 380. The number of rotatable bonds is 1. The molecule has 85 valence electrons. The molecule has 16 heavy (non-hydrogen) atoms. The summed E-state index contributed by atoms with van der Waals surface area (Å²) in [5, 5.41) is 0. The van der Waals surface area contributed by atoms with Crippen LogP contribution in [-0.2, 0) is 32.7 Å². The molecule has 0 unspecified atom stereocenters. The normalized spacial score (nSPS) is 19.5. The summed E-state index contributed by atoms with van der Waals surface area (Å²) in [5.41, 5.74) is 1.63. The number of likely N-dealkylation sites (tertiary alicyclic amines) is 1. The topological polar surface area (TPSA) is 44.3 Å². The zero-order valence-corrected chi connectivity index (χ0v) is 12.7. The van der Waals surface area contributed by atoms with Gasteiger partial charge in [0.2, 0.25) is 5.62 Å². The molecule has 2 heterocycles. The Balaban J connectivity index is 0.00000128. The predicted molar refractivity (Wildman–Crippen MR) is 58.2 cm³/mol. The Morgan fingerprint density at radius 2 is 2.19 bits per heavy atom. The van der Waals surface area contributed by atoms with Crippen LogP contribution in [0.4, 0.5) is 0 Å². The van der Waals surface area contributed by atoms with Crippen LogP contribution in [0.15, 0.2) is 11.2 Å². The quantitative estimate of drug-likeness (QED) is 0.767. The molecular weight excluding hydrogens is 277 g/mol. The standard InChI is InChI=1S/C11H17N4.Y/c1-9-3-6-12-11(13-9)14-10-4-7-15(2)8-5-10;/h6,10H,4-5,7-8H2,1-2H3,(H,12,13,14);/q-1;. The Hall–Kier alpha value is -0.0561. The van der Waals surface area contributed by atoms with E-state index in [1.165, 1.54) is 0 Å². The van der Waals surface area contributed by atoms with Crippen molar-refractivity contribution in [3.63, 3.8) is 0 Å². The van der Waals surface area contributed by atoms with Gasteiger partial charge in [-0.15, -0.1) is 5.69 Å². The van der Waals surface area contributed by atoms with Crippen LogP contribution < -0.4 is 5.62 Å². The first-order valence-electron chi connectivity index (χ1n) is 5.40. The predicted octanol–water partition coefficient (Wildman–Crippen LogP) is 0.511. The maximum absolute atomic E-state index is 4.60. The second kappa shape index (κ2) is 6.62. The van der Waals surface area contributed by atoms with Crippen molar-refractivity contribution >= 4 is 0 Å². The zero-order chi connectivity index (χ0) is 10.7. The summed E-state index contributed by atoms with van der Waals surface area (Å²) in [7, 11) is 2.15. The minimum absolute atomic E-state index is 0. The molecule has 1 aliphatic heterocycles. The third kappa shape index (κ3) is 4.07. The first kappa shape index (κ1) is 14.0. The number of aromatic amines is 1. The van der Waals surface area contributed by atoms with Gasteiger partial charge in [-0.1, -0.05) is 6.92 Å². The van der Waals surface area contributed by atoms with Crippen molar-refractivity contribution in [2.45, 2.75) is 25.8 Å². The molecule has 0 spiro atoms. The van der Waals surface area contributed by atoms with Crippen molar-refractivity contribution in [2.24, 2.45) is 4.99 Å². The van der Waals surface area contributed by atoms with Crippen LogP contribution >= 0.6 is 0 Å². The van der Waals surface area contributed by atoms with Crippen LogP contribution in [0, 0.1) is 13.0 Å². The van der Waals surface area contributed by atoms with E-state index in [-0.39, 0.29) is 32.7 Å². The molecule has 0 amide bonds. The molecule has 1 N–H and O–H groups in total. The van der Waals surface area contributed by atoms with E-state index in [1.54, 1.807) is 6.20 Å². The second-order valence-corrected chi connectivity index (χ2v) is 4.12. The molecule has 0 saturated carbocycles. The Labute approximate surface area is 121 Å². The average molecular weight is 294 g/mol. The fourth-order valence-corrected chi connectivity index (χ4v) is 1.79. The van der Waals surface area contributed by atoms with Crippen LogP contribution in [0.3, 0.4) is 0 Å². The molecule has 0 aliphatic carbocycles. The van der Waals surface area contributed by atoms with E-state index >= 15 is 0 Å². The third-order valence-corrected chi connectivity index (χ3v) is 2.75. The van der Waals surface area contributed by atoms with Crippen molar-refractivity contribution in [1.29, 1.82) is 0 Å². The maximum atomic E-state index is 4.60. The minimum atomic E-state index is 0. The zero-order valence-electron chi connectivity index (χ0n) is 9.90. The minimum Gasteiger partial charge on any atom is -0.433 e. The summed E-state index contributed by atoms with van der Waals surface area (Å²) in [6, 6.07) is 3.40. The molecule has 1 saturated heterocycles. The summed E-state index contributed by atoms with van der Waals surface area (Å²) in [6.07, 6.45) is 4.03. The fraction of sp³-hybridized carbons (Fsp3) is 0.636. The van der Waals surface area contributed by atoms with Gasteiger partial charge in [0.25, 0.3) is 0 Å². The number of piperidine rings is 1. The van der Waals surface area contributed by atoms with E-state index in [9.17, 15) is 0 Å². The van der Waals surface area contributed by atoms with Crippen LogP contribution in [0.25, 0.3) is 0 Å². The van der Waals surface area contributed by atoms with E-state index in [1.807, 2.05) is 6.92 Å². The first-order chi connectivity index (χ1) is 7.24. The molecule has 0 aromatic carbocycles. The van der Waals surface area contributed by atoms with E-state index in [2.05, 4.69) is 33.0 Å². The Morgan fingerprint density at radius 1 is 1.50 bits per heavy atom. The van der Waals surface area contributed by atoms with E-state index in [4.69, 9.17) is 0 Å². The van der Waals surface area contributed by atoms with E-state index in [0.29, 0.717) is 6.04 Å². The largest absolute Gasteiger partial charge is 0.433 e. The summed E-state index contributed by atoms with van der Waals surface area (Å²) in [4.78, 5) is 14.3. The van der Waals surface area contributed by atoms with Gasteiger partial charge in [-0.25, -0.2) is 4.99 Å². The van der Waals surface area contributed by atoms with Gasteiger partial charge in [0, 0.05) is 32.7 Å². The van der Waals surface area contributed by atoms with Gasteiger partial charge in [0.05, 0.1) is 6.04 Å². The molecule has 0 atom stereocenters. The number of nitrogens with one attached hydrogen (secondary N) is 1. The summed E-state index contributed by atoms with van der Waals surface area (Å²) in [5.74, 6) is 0. The maximum Gasteiger partial charge on any atom is 0.217 e. The molecule has 1 aromatic rings. The molecule has 4 nitrogen and oxygen atoms in total. The molecule has 1 fully saturated rings. The van der Waals surface area contributed by atoms with E-state index in [0.717, 1.165) is 37.2 Å². The van der Waals surface area contributed by atoms with Gasteiger partial charge in [0.15, 0.2) is 0 Å². The summed E-state index contributed by atoms with van der Waals surface area (Å²) in [6.45, 7) is 4.19. The van der Waals surface area contributed by atoms with Gasteiger partial charge in [-0.05, 0) is 33.0 Å². The van der Waals surface area contributed by atoms with Crippen LogP contribution in [0.2, 0.25) is 0 Å². The summed E-state index contributed by atoms with van der Waals surface area (Å²) < 4.78 is 0. The number of hydrogen-bond donors (Lipinski definition) is 1. The van der Waals surface area contributed by atoms with Gasteiger partial charge >= 0.3 is 0 Å². The van der Waals surface area contributed by atoms with Crippen molar-refractivity contribution in [3.8, 4) is 0 Å². The average Bonchev–Trinajstić information content (AvgIpc) is 2.22. The smallest absolute Gasteiger partial charge is 0.217 e. The molecule has 2 rings (SSSR count). The van der Waals surface area contributed by atoms with Crippen molar-refractivity contribution in [2.75, 3.05) is 20.1 Å². The Kier molecular flexibility index (Phi) is 5.80. The summed E-state index contributed by atoms with van der Waals surface area (Å²) >= 11 is 0. The molecular formula is C11H17N4Y-. The fourth-order valence-electron chi connectivity index (χ4n) is 1.79. The first-order valence-corrected chi connectivity index (χ1v) is 5.40. The van der Waals surface area contributed by atoms with Gasteiger partial charge in [-0.3, -0.25) is 4.98 Å². The Morgan fingerprint density at radius 3 is 2.81 bits per heavy atom. The third-order valence-electron chi connectivity index (χ3n) is 2.75. The molecule has 1 aliphatic rings. The molecule has 1 aromatic heterocycles. The number of aryl methyl sites for hydroxylation is 1. The second-order valence-electron chi connectivity index (χ2n) is 4.12. The SMILES string of the molecule is Cc1[c-]c[nH]c(=NC2CCN(C)CC2)n1.[Y]. The van der Waals surface area contributed by atoms with Crippen molar-refractivity contribution in [3.05, 3.63) is 23.6 Å². The number of nitrogens with zero attached hydrogens (tertiary/aromatic N) is 3. The number of aromatic nitrogens is 2. The molecule has 0 bridgehead atoms. The van der Waals surface area contributed by atoms with Gasteiger partial charge < -0.3 is 16.0 Å². The number of H-pyrrole nitrogens is 1. The van der Waals surface area contributed by atoms with Crippen LogP contribution in [-0.4, -0.2) is 41.0 Å². The van der Waals surface area contributed by atoms with Crippen LogP contribution in [0.5, 0.6) is 0 Å². The van der Waals surface area contributed by atoms with Crippen LogP contribution in [0.1, 0.15) is 18.5 Å². The van der Waals surface area contributed by atoms with Gasteiger partial charge in [0.1, 0.15) is 0 Å². The molecule has 5 heteroatoms. The number of hydrogen-bond acceptors (Lipinski definition) is 3. The van der Waals surface area contributed by atoms with Crippen molar-refractivity contribution < 1.29 is 32.7 Å². The monoisotopic (exact) mass is 294 g/mol. The van der Waals surface area contributed by atoms with Crippen molar-refractivity contribution in [1.82, 2.24) is 14.9 Å². The molecule has 1 radical (unpaired) electrons.